The molecule has 1 aromatic rings. The molecule has 0 aromatic heterocycles. The van der Waals surface area contributed by atoms with E-state index in [0.717, 1.165) is 17.8 Å². The van der Waals surface area contributed by atoms with E-state index in [-0.39, 0.29) is 12.7 Å². The van der Waals surface area contributed by atoms with Crippen molar-refractivity contribution in [3.05, 3.63) is 22.7 Å². The highest BCUT2D eigenvalue weighted by atomic mass is 35.5. The lowest BCUT2D eigenvalue weighted by atomic mass is 10.1. The van der Waals surface area contributed by atoms with Crippen LogP contribution >= 0.6 is 11.6 Å². The van der Waals surface area contributed by atoms with E-state index in [4.69, 9.17) is 27.2 Å². The molecule has 0 bridgehead atoms. The molecule has 1 fully saturated rings. The van der Waals surface area contributed by atoms with Crippen molar-refractivity contribution in [1.82, 2.24) is 0 Å². The van der Waals surface area contributed by atoms with Crippen molar-refractivity contribution < 1.29 is 9.84 Å². The van der Waals surface area contributed by atoms with E-state index in [1.54, 1.807) is 0 Å². The predicted molar refractivity (Wildman–Crippen MR) is 69.6 cm³/mol. The zero-order valence-electron chi connectivity index (χ0n) is 9.82. The molecule has 1 heterocycles. The number of anilines is 2. The first-order valence-electron chi connectivity index (χ1n) is 5.65. The Morgan fingerprint density at radius 3 is 3.06 bits per heavy atom. The van der Waals surface area contributed by atoms with Crippen LogP contribution < -0.4 is 10.6 Å². The standard InChI is InChI=1S/C12H17ClN2O2/c1-8-4-11(14)10(13)5-12(8)15-2-3-17-9(6-15)7-16/h4-5,9,16H,2-3,6-7,14H2,1H3. The number of aliphatic hydroxyl groups excluding tert-OH is 1. The lowest BCUT2D eigenvalue weighted by Crippen LogP contribution is -2.44. The molecule has 0 spiro atoms. The van der Waals surface area contributed by atoms with Gasteiger partial charge in [0.25, 0.3) is 0 Å². The van der Waals surface area contributed by atoms with Crippen molar-refractivity contribution in [1.29, 1.82) is 0 Å². The van der Waals surface area contributed by atoms with Gasteiger partial charge in [-0.05, 0) is 24.6 Å². The Hall–Kier alpha value is -0.970. The third-order valence-electron chi connectivity index (χ3n) is 3.00. The number of hydrogen-bond donors (Lipinski definition) is 2. The highest BCUT2D eigenvalue weighted by Gasteiger charge is 2.21. The molecule has 1 atom stereocenters. The number of nitrogen functional groups attached to an aromatic ring is 1. The first-order valence-corrected chi connectivity index (χ1v) is 6.02. The van der Waals surface area contributed by atoms with Crippen molar-refractivity contribution in [2.24, 2.45) is 0 Å². The monoisotopic (exact) mass is 256 g/mol. The van der Waals surface area contributed by atoms with Gasteiger partial charge >= 0.3 is 0 Å². The van der Waals surface area contributed by atoms with Crippen LogP contribution in [-0.2, 0) is 4.74 Å². The Labute approximate surface area is 106 Å². The Morgan fingerprint density at radius 1 is 1.59 bits per heavy atom. The minimum atomic E-state index is -0.125. The molecule has 94 valence electrons. The quantitative estimate of drug-likeness (QED) is 0.786. The maximum Gasteiger partial charge on any atom is 0.0980 e. The molecule has 2 rings (SSSR count). The number of ether oxygens (including phenoxy) is 1. The fourth-order valence-corrected chi connectivity index (χ4v) is 2.24. The van der Waals surface area contributed by atoms with E-state index >= 15 is 0 Å². The summed E-state index contributed by atoms with van der Waals surface area (Å²) in [7, 11) is 0. The molecule has 1 saturated heterocycles. The van der Waals surface area contributed by atoms with Crippen molar-refractivity contribution in [3.8, 4) is 0 Å². The van der Waals surface area contributed by atoms with E-state index in [9.17, 15) is 0 Å². The van der Waals surface area contributed by atoms with Crippen molar-refractivity contribution in [2.45, 2.75) is 13.0 Å². The first-order chi connectivity index (χ1) is 8.11. The second-order valence-corrected chi connectivity index (χ2v) is 4.69. The van der Waals surface area contributed by atoms with Crippen LogP contribution in [0.25, 0.3) is 0 Å². The normalized spacial score (nSPS) is 20.6. The largest absolute Gasteiger partial charge is 0.398 e. The van der Waals surface area contributed by atoms with Gasteiger partial charge in [0.05, 0.1) is 30.0 Å². The smallest absolute Gasteiger partial charge is 0.0980 e. The summed E-state index contributed by atoms with van der Waals surface area (Å²) in [6.07, 6.45) is -0.125. The number of nitrogens with zero attached hydrogens (tertiary/aromatic N) is 1. The fraction of sp³-hybridized carbons (Fsp3) is 0.500. The number of morpholine rings is 1. The van der Waals surface area contributed by atoms with Crippen LogP contribution in [0, 0.1) is 6.92 Å². The van der Waals surface area contributed by atoms with Gasteiger partial charge in [-0.15, -0.1) is 0 Å². The number of halogens is 1. The van der Waals surface area contributed by atoms with Crippen molar-refractivity contribution >= 4 is 23.0 Å². The number of rotatable bonds is 2. The average Bonchev–Trinajstić information content (AvgIpc) is 2.34. The first kappa shape index (κ1) is 12.5. The molecule has 1 aliphatic rings. The third-order valence-corrected chi connectivity index (χ3v) is 3.33. The van der Waals surface area contributed by atoms with Gasteiger partial charge in [0.15, 0.2) is 0 Å². The van der Waals surface area contributed by atoms with Crippen LogP contribution in [-0.4, -0.2) is 37.5 Å². The third kappa shape index (κ3) is 2.65. The van der Waals surface area contributed by atoms with Gasteiger partial charge in [0.2, 0.25) is 0 Å². The topological polar surface area (TPSA) is 58.7 Å². The molecule has 1 aliphatic heterocycles. The Kier molecular flexibility index (Phi) is 3.76. The summed E-state index contributed by atoms with van der Waals surface area (Å²) < 4.78 is 5.42. The number of aliphatic hydroxyl groups is 1. The average molecular weight is 257 g/mol. The van der Waals surface area contributed by atoms with E-state index < -0.39 is 0 Å². The molecule has 1 unspecified atom stereocenters. The molecule has 0 amide bonds. The Morgan fingerprint density at radius 2 is 2.35 bits per heavy atom. The van der Waals surface area contributed by atoms with Crippen molar-refractivity contribution in [2.75, 3.05) is 36.9 Å². The minimum absolute atomic E-state index is 0.0399. The summed E-state index contributed by atoms with van der Waals surface area (Å²) >= 11 is 6.04. The number of benzene rings is 1. The van der Waals surface area contributed by atoms with Crippen LogP contribution in [0.4, 0.5) is 11.4 Å². The number of aryl methyl sites for hydroxylation is 1. The zero-order valence-corrected chi connectivity index (χ0v) is 10.6. The van der Waals surface area contributed by atoms with Gasteiger partial charge in [-0.3, -0.25) is 0 Å². The predicted octanol–water partition coefficient (Wildman–Crippen LogP) is 1.43. The highest BCUT2D eigenvalue weighted by Crippen LogP contribution is 2.30. The maximum atomic E-state index is 9.13. The second-order valence-electron chi connectivity index (χ2n) is 4.28. The summed E-state index contributed by atoms with van der Waals surface area (Å²) in [5.74, 6) is 0. The molecular weight excluding hydrogens is 240 g/mol. The van der Waals surface area contributed by atoms with E-state index in [2.05, 4.69) is 4.90 Å². The van der Waals surface area contributed by atoms with Gasteiger partial charge < -0.3 is 20.5 Å². The molecule has 1 aromatic carbocycles. The van der Waals surface area contributed by atoms with Gasteiger partial charge in [0.1, 0.15) is 0 Å². The Bertz CT molecular complexity index is 412. The van der Waals surface area contributed by atoms with Crippen molar-refractivity contribution in [3.63, 3.8) is 0 Å². The SMILES string of the molecule is Cc1cc(N)c(Cl)cc1N1CCOC(CO)C1. The summed E-state index contributed by atoms with van der Waals surface area (Å²) in [6, 6.07) is 3.76. The number of hydrogen-bond acceptors (Lipinski definition) is 4. The molecule has 0 aliphatic carbocycles. The highest BCUT2D eigenvalue weighted by molar-refractivity contribution is 6.33. The molecule has 17 heavy (non-hydrogen) atoms. The van der Waals surface area contributed by atoms with Crippen LogP contribution in [0.3, 0.4) is 0 Å². The summed E-state index contributed by atoms with van der Waals surface area (Å²) in [6.45, 7) is 4.14. The Balaban J connectivity index is 2.24. The fourth-order valence-electron chi connectivity index (χ4n) is 2.08. The molecular formula is C12H17ClN2O2. The summed E-state index contributed by atoms with van der Waals surface area (Å²) in [5.41, 5.74) is 8.50. The van der Waals surface area contributed by atoms with Crippen LogP contribution in [0.1, 0.15) is 5.56 Å². The molecule has 3 N–H and O–H groups in total. The maximum absolute atomic E-state index is 9.13. The lowest BCUT2D eigenvalue weighted by molar-refractivity contribution is 0.00354. The van der Waals surface area contributed by atoms with Gasteiger partial charge in [-0.25, -0.2) is 0 Å². The van der Waals surface area contributed by atoms with Crippen LogP contribution in [0.15, 0.2) is 12.1 Å². The summed E-state index contributed by atoms with van der Waals surface area (Å²) in [4.78, 5) is 2.17. The molecule has 0 saturated carbocycles. The lowest BCUT2D eigenvalue weighted by Gasteiger charge is -2.34. The second kappa shape index (κ2) is 5.12. The summed E-state index contributed by atoms with van der Waals surface area (Å²) in [5, 5.41) is 9.69. The van der Waals surface area contributed by atoms with E-state index in [1.807, 2.05) is 19.1 Å². The molecule has 0 radical (unpaired) electrons. The minimum Gasteiger partial charge on any atom is -0.398 e. The zero-order chi connectivity index (χ0) is 12.4. The van der Waals surface area contributed by atoms with Crippen LogP contribution in [0.2, 0.25) is 5.02 Å². The van der Waals surface area contributed by atoms with E-state index in [0.29, 0.717) is 23.9 Å². The molecule has 5 heteroatoms. The van der Waals surface area contributed by atoms with Crippen LogP contribution in [0.5, 0.6) is 0 Å². The molecule has 4 nitrogen and oxygen atoms in total. The number of nitrogens with two attached hydrogens (primary N) is 1. The van der Waals surface area contributed by atoms with Gasteiger partial charge in [-0.1, -0.05) is 11.6 Å². The van der Waals surface area contributed by atoms with Gasteiger partial charge in [-0.2, -0.15) is 0 Å². The van der Waals surface area contributed by atoms with E-state index in [1.165, 1.54) is 0 Å². The van der Waals surface area contributed by atoms with Gasteiger partial charge in [0, 0.05) is 18.8 Å².